The summed E-state index contributed by atoms with van der Waals surface area (Å²) >= 11 is 0. The molecule has 1 unspecified atom stereocenters. The molecule has 1 aliphatic rings. The lowest BCUT2D eigenvalue weighted by Crippen LogP contribution is -2.22. The van der Waals surface area contributed by atoms with E-state index in [4.69, 9.17) is 14.6 Å². The molecule has 0 radical (unpaired) electrons. The first-order valence-corrected chi connectivity index (χ1v) is 4.82. The van der Waals surface area contributed by atoms with Crippen molar-refractivity contribution in [3.63, 3.8) is 0 Å². The van der Waals surface area contributed by atoms with Crippen molar-refractivity contribution in [1.82, 2.24) is 0 Å². The van der Waals surface area contributed by atoms with Gasteiger partial charge < -0.3 is 14.6 Å². The van der Waals surface area contributed by atoms with Gasteiger partial charge in [0.05, 0.1) is 13.2 Å². The molecule has 3 nitrogen and oxygen atoms in total. The van der Waals surface area contributed by atoms with Gasteiger partial charge in [-0.2, -0.15) is 0 Å². The molecule has 0 amide bonds. The van der Waals surface area contributed by atoms with E-state index in [0.29, 0.717) is 6.61 Å². The van der Waals surface area contributed by atoms with E-state index < -0.39 is 0 Å². The molecule has 3 heteroatoms. The summed E-state index contributed by atoms with van der Waals surface area (Å²) in [4.78, 5) is 0. The molecule has 76 valence electrons. The Hall–Kier alpha value is -0.380. The highest BCUT2D eigenvalue weighted by atomic mass is 16.7. The number of aliphatic hydroxyl groups excluding tert-OH is 1. The third-order valence-electron chi connectivity index (χ3n) is 2.07. The minimum Gasteiger partial charge on any atom is -0.392 e. The van der Waals surface area contributed by atoms with E-state index >= 15 is 0 Å². The SMILES string of the molecule is CC(=CCO)COC1CCCCO1. The summed E-state index contributed by atoms with van der Waals surface area (Å²) in [5.74, 6) is 0. The molecule has 0 aromatic carbocycles. The van der Waals surface area contributed by atoms with Gasteiger partial charge in [-0.1, -0.05) is 6.08 Å². The summed E-state index contributed by atoms with van der Waals surface area (Å²) < 4.78 is 10.9. The molecule has 0 saturated carbocycles. The van der Waals surface area contributed by atoms with Crippen LogP contribution in [0.1, 0.15) is 26.2 Å². The molecule has 1 saturated heterocycles. The summed E-state index contributed by atoms with van der Waals surface area (Å²) in [6.45, 7) is 3.40. The molecule has 1 aliphatic heterocycles. The van der Waals surface area contributed by atoms with Crippen molar-refractivity contribution < 1.29 is 14.6 Å². The Balaban J connectivity index is 2.13. The zero-order valence-electron chi connectivity index (χ0n) is 8.16. The van der Waals surface area contributed by atoms with Gasteiger partial charge in [-0.3, -0.25) is 0 Å². The van der Waals surface area contributed by atoms with E-state index in [1.165, 1.54) is 6.42 Å². The summed E-state index contributed by atoms with van der Waals surface area (Å²) in [7, 11) is 0. The van der Waals surface area contributed by atoms with E-state index in [-0.39, 0.29) is 12.9 Å². The van der Waals surface area contributed by atoms with Gasteiger partial charge in [0.1, 0.15) is 0 Å². The predicted molar refractivity (Wildman–Crippen MR) is 50.4 cm³/mol. The van der Waals surface area contributed by atoms with Crippen LogP contribution in [0.4, 0.5) is 0 Å². The number of ether oxygens (including phenoxy) is 2. The van der Waals surface area contributed by atoms with Crippen LogP contribution in [0, 0.1) is 0 Å². The second kappa shape index (κ2) is 6.13. The third kappa shape index (κ3) is 4.41. The van der Waals surface area contributed by atoms with Gasteiger partial charge in [0, 0.05) is 6.61 Å². The van der Waals surface area contributed by atoms with Gasteiger partial charge in [0.15, 0.2) is 6.29 Å². The minimum atomic E-state index is -0.0317. The fraction of sp³-hybridized carbons (Fsp3) is 0.800. The molecule has 13 heavy (non-hydrogen) atoms. The van der Waals surface area contributed by atoms with Crippen molar-refractivity contribution in [2.75, 3.05) is 19.8 Å². The standard InChI is InChI=1S/C10H18O3/c1-9(5-6-11)8-13-10-4-2-3-7-12-10/h5,10-11H,2-4,6-8H2,1H3. The first-order valence-electron chi connectivity index (χ1n) is 4.82. The summed E-state index contributed by atoms with van der Waals surface area (Å²) in [6, 6.07) is 0. The highest BCUT2D eigenvalue weighted by Gasteiger charge is 2.13. The highest BCUT2D eigenvalue weighted by Crippen LogP contribution is 2.14. The maximum absolute atomic E-state index is 8.61. The van der Waals surface area contributed by atoms with Crippen LogP contribution >= 0.6 is 0 Å². The first-order chi connectivity index (χ1) is 6.33. The largest absolute Gasteiger partial charge is 0.392 e. The van der Waals surface area contributed by atoms with E-state index in [0.717, 1.165) is 25.0 Å². The third-order valence-corrected chi connectivity index (χ3v) is 2.07. The molecular weight excluding hydrogens is 168 g/mol. The van der Waals surface area contributed by atoms with Crippen molar-refractivity contribution in [1.29, 1.82) is 0 Å². The Labute approximate surface area is 79.3 Å². The maximum atomic E-state index is 8.61. The zero-order chi connectivity index (χ0) is 9.52. The van der Waals surface area contributed by atoms with E-state index in [9.17, 15) is 0 Å². The van der Waals surface area contributed by atoms with Crippen LogP contribution in [0.25, 0.3) is 0 Å². The van der Waals surface area contributed by atoms with Crippen LogP contribution in [0.15, 0.2) is 11.6 Å². The molecule has 1 N–H and O–H groups in total. The normalized spacial score (nSPS) is 24.8. The number of rotatable bonds is 4. The fourth-order valence-corrected chi connectivity index (χ4v) is 1.28. The van der Waals surface area contributed by atoms with Gasteiger partial charge in [-0.25, -0.2) is 0 Å². The van der Waals surface area contributed by atoms with Crippen LogP contribution in [-0.4, -0.2) is 31.2 Å². The van der Waals surface area contributed by atoms with Crippen LogP contribution in [-0.2, 0) is 9.47 Å². The summed E-state index contributed by atoms with van der Waals surface area (Å²) in [5, 5.41) is 8.61. The molecule has 1 atom stereocenters. The lowest BCUT2D eigenvalue weighted by molar-refractivity contribution is -0.156. The van der Waals surface area contributed by atoms with Crippen molar-refractivity contribution >= 4 is 0 Å². The van der Waals surface area contributed by atoms with Crippen molar-refractivity contribution in [3.05, 3.63) is 11.6 Å². The smallest absolute Gasteiger partial charge is 0.158 e. The van der Waals surface area contributed by atoms with Crippen LogP contribution < -0.4 is 0 Å². The molecule has 0 aromatic heterocycles. The van der Waals surface area contributed by atoms with Crippen LogP contribution in [0.5, 0.6) is 0 Å². The lowest BCUT2D eigenvalue weighted by Gasteiger charge is -2.22. The topological polar surface area (TPSA) is 38.7 Å². The molecule has 1 fully saturated rings. The molecule has 0 bridgehead atoms. The second-order valence-corrected chi connectivity index (χ2v) is 3.34. The Morgan fingerprint density at radius 2 is 2.46 bits per heavy atom. The second-order valence-electron chi connectivity index (χ2n) is 3.34. The Bertz CT molecular complexity index is 160. The average Bonchev–Trinajstić information content (AvgIpc) is 2.17. The summed E-state index contributed by atoms with van der Waals surface area (Å²) in [5.41, 5.74) is 1.05. The van der Waals surface area contributed by atoms with Crippen LogP contribution in [0.2, 0.25) is 0 Å². The Morgan fingerprint density at radius 3 is 3.08 bits per heavy atom. The van der Waals surface area contributed by atoms with Crippen molar-refractivity contribution in [2.24, 2.45) is 0 Å². The van der Waals surface area contributed by atoms with Gasteiger partial charge in [0.25, 0.3) is 0 Å². The minimum absolute atomic E-state index is 0.0317. The molecule has 0 spiro atoms. The molecule has 0 aliphatic carbocycles. The lowest BCUT2D eigenvalue weighted by atomic mass is 10.2. The van der Waals surface area contributed by atoms with Gasteiger partial charge in [0.2, 0.25) is 0 Å². The van der Waals surface area contributed by atoms with Gasteiger partial charge in [-0.05, 0) is 31.8 Å². The van der Waals surface area contributed by atoms with E-state index in [2.05, 4.69) is 0 Å². The summed E-state index contributed by atoms with van der Waals surface area (Å²) in [6.07, 6.45) is 5.05. The number of hydrogen-bond acceptors (Lipinski definition) is 3. The fourth-order valence-electron chi connectivity index (χ4n) is 1.28. The van der Waals surface area contributed by atoms with E-state index in [1.54, 1.807) is 6.08 Å². The molecule has 0 aromatic rings. The van der Waals surface area contributed by atoms with E-state index in [1.807, 2.05) is 6.92 Å². The van der Waals surface area contributed by atoms with Crippen LogP contribution in [0.3, 0.4) is 0 Å². The Kier molecular flexibility index (Phi) is 5.05. The van der Waals surface area contributed by atoms with Crippen molar-refractivity contribution in [3.8, 4) is 0 Å². The quantitative estimate of drug-likeness (QED) is 0.676. The Morgan fingerprint density at radius 1 is 1.62 bits per heavy atom. The molecular formula is C10H18O3. The predicted octanol–water partition coefficient (Wildman–Crippen LogP) is 1.47. The first kappa shape index (κ1) is 10.7. The maximum Gasteiger partial charge on any atom is 0.158 e. The average molecular weight is 186 g/mol. The van der Waals surface area contributed by atoms with Gasteiger partial charge in [-0.15, -0.1) is 0 Å². The molecule has 1 rings (SSSR count). The van der Waals surface area contributed by atoms with Crippen molar-refractivity contribution in [2.45, 2.75) is 32.5 Å². The monoisotopic (exact) mass is 186 g/mol. The van der Waals surface area contributed by atoms with Gasteiger partial charge >= 0.3 is 0 Å². The zero-order valence-corrected chi connectivity index (χ0v) is 8.16. The number of hydrogen-bond donors (Lipinski definition) is 1. The molecule has 1 heterocycles. The number of aliphatic hydroxyl groups is 1. The highest BCUT2D eigenvalue weighted by molar-refractivity contribution is 4.97.